The monoisotopic (exact) mass is 384 g/mol. The van der Waals surface area contributed by atoms with Crippen LogP contribution in [0.2, 0.25) is 0 Å². The number of rotatable bonds is 5. The van der Waals surface area contributed by atoms with Crippen LogP contribution in [-0.4, -0.2) is 41.6 Å². The van der Waals surface area contributed by atoms with Crippen molar-refractivity contribution in [3.63, 3.8) is 0 Å². The Hall–Kier alpha value is -1.62. The lowest BCUT2D eigenvalue weighted by molar-refractivity contribution is 0.155. The first-order chi connectivity index (χ1) is 13.8. The van der Waals surface area contributed by atoms with Crippen LogP contribution >= 0.6 is 0 Å². The third-order valence-corrected chi connectivity index (χ3v) is 6.83. The molecule has 0 unspecified atom stereocenters. The van der Waals surface area contributed by atoms with Gasteiger partial charge < -0.3 is 15.5 Å². The number of pyridine rings is 1. The summed E-state index contributed by atoms with van der Waals surface area (Å²) in [5.41, 5.74) is 3.59. The van der Waals surface area contributed by atoms with E-state index in [4.69, 9.17) is 4.98 Å². The summed E-state index contributed by atoms with van der Waals surface area (Å²) >= 11 is 0. The number of amides is 2. The lowest BCUT2D eigenvalue weighted by Crippen LogP contribution is -2.48. The molecule has 4 rings (SSSR count). The van der Waals surface area contributed by atoms with Crippen LogP contribution in [0.3, 0.4) is 0 Å². The summed E-state index contributed by atoms with van der Waals surface area (Å²) in [4.78, 5) is 19.7. The minimum Gasteiger partial charge on any atom is -0.335 e. The summed E-state index contributed by atoms with van der Waals surface area (Å²) in [5.74, 6) is 0.908. The lowest BCUT2D eigenvalue weighted by atomic mass is 9.88. The first-order valence-electron chi connectivity index (χ1n) is 11.5. The second kappa shape index (κ2) is 9.73. The number of carbonyl (C=O) groups excluding carboxylic acids is 1. The number of aryl methyl sites for hydroxylation is 2. The number of hydrogen-bond donors (Lipinski definition) is 2. The minimum absolute atomic E-state index is 0.0507. The van der Waals surface area contributed by atoms with E-state index in [1.807, 2.05) is 0 Å². The average molecular weight is 385 g/mol. The van der Waals surface area contributed by atoms with Gasteiger partial charge >= 0.3 is 6.03 Å². The normalized spacial score (nSPS) is 21.9. The van der Waals surface area contributed by atoms with Gasteiger partial charge in [0.1, 0.15) is 0 Å². The molecule has 0 aromatic carbocycles. The number of aromatic nitrogens is 1. The Bertz CT molecular complexity index is 648. The van der Waals surface area contributed by atoms with E-state index in [1.54, 1.807) is 0 Å². The van der Waals surface area contributed by atoms with Crippen molar-refractivity contribution in [3.8, 4) is 0 Å². The first-order valence-corrected chi connectivity index (χ1v) is 11.5. The summed E-state index contributed by atoms with van der Waals surface area (Å²) < 4.78 is 0. The number of carbonyl (C=O) groups is 1. The Labute approximate surface area is 169 Å². The van der Waals surface area contributed by atoms with E-state index in [-0.39, 0.29) is 6.03 Å². The molecule has 0 radical (unpaired) electrons. The van der Waals surface area contributed by atoms with Crippen molar-refractivity contribution in [1.29, 1.82) is 0 Å². The van der Waals surface area contributed by atoms with Crippen molar-refractivity contribution in [2.24, 2.45) is 5.92 Å². The highest BCUT2D eigenvalue weighted by Gasteiger charge is 2.23. The van der Waals surface area contributed by atoms with Gasteiger partial charge in [0.2, 0.25) is 0 Å². The number of likely N-dealkylation sites (tertiary alicyclic amines) is 1. The predicted molar refractivity (Wildman–Crippen MR) is 112 cm³/mol. The van der Waals surface area contributed by atoms with Crippen LogP contribution in [0.1, 0.15) is 74.7 Å². The maximum atomic E-state index is 12.3. The molecule has 2 aliphatic carbocycles. The second-order valence-electron chi connectivity index (χ2n) is 9.02. The summed E-state index contributed by atoms with van der Waals surface area (Å²) in [6.07, 6.45) is 14.0. The van der Waals surface area contributed by atoms with Gasteiger partial charge in [0.15, 0.2) is 0 Å². The third kappa shape index (κ3) is 5.47. The quantitative estimate of drug-likeness (QED) is 0.812. The van der Waals surface area contributed by atoms with Gasteiger partial charge in [0, 0.05) is 31.4 Å². The smallest absolute Gasteiger partial charge is 0.315 e. The topological polar surface area (TPSA) is 57.3 Å². The SMILES string of the molecule is O=C(NCc1ccc2c(n1)CCCC2)NC1CCN(CC2CCCCC2)CC1. The van der Waals surface area contributed by atoms with Crippen molar-refractivity contribution in [3.05, 3.63) is 29.1 Å². The molecule has 3 aliphatic rings. The number of hydrogen-bond acceptors (Lipinski definition) is 3. The van der Waals surface area contributed by atoms with Crippen LogP contribution in [0.25, 0.3) is 0 Å². The predicted octanol–water partition coefficient (Wildman–Crippen LogP) is 3.80. The molecule has 28 heavy (non-hydrogen) atoms. The van der Waals surface area contributed by atoms with E-state index in [2.05, 4.69) is 27.7 Å². The molecule has 2 heterocycles. The Morgan fingerprint density at radius 1 is 1.00 bits per heavy atom. The molecule has 1 saturated heterocycles. The van der Waals surface area contributed by atoms with Crippen molar-refractivity contribution in [1.82, 2.24) is 20.5 Å². The summed E-state index contributed by atoms with van der Waals surface area (Å²) in [6, 6.07) is 4.51. The average Bonchev–Trinajstić information content (AvgIpc) is 2.74. The molecule has 5 heteroatoms. The zero-order valence-electron chi connectivity index (χ0n) is 17.2. The van der Waals surface area contributed by atoms with Crippen LogP contribution in [0, 0.1) is 5.92 Å². The fourth-order valence-electron chi connectivity index (χ4n) is 5.13. The lowest BCUT2D eigenvalue weighted by Gasteiger charge is -2.35. The van der Waals surface area contributed by atoms with E-state index in [0.29, 0.717) is 12.6 Å². The minimum atomic E-state index is -0.0507. The van der Waals surface area contributed by atoms with Crippen LogP contribution in [0.15, 0.2) is 12.1 Å². The van der Waals surface area contributed by atoms with Crippen LogP contribution in [0.4, 0.5) is 4.79 Å². The van der Waals surface area contributed by atoms with Gasteiger partial charge in [-0.3, -0.25) is 4.98 Å². The van der Waals surface area contributed by atoms with Crippen LogP contribution in [-0.2, 0) is 19.4 Å². The Morgan fingerprint density at radius 3 is 2.61 bits per heavy atom. The van der Waals surface area contributed by atoms with Gasteiger partial charge in [-0.1, -0.05) is 25.3 Å². The maximum Gasteiger partial charge on any atom is 0.315 e. The van der Waals surface area contributed by atoms with E-state index in [9.17, 15) is 4.79 Å². The van der Waals surface area contributed by atoms with Gasteiger partial charge in [-0.2, -0.15) is 0 Å². The Kier molecular flexibility index (Phi) is 6.84. The van der Waals surface area contributed by atoms with Gasteiger partial charge in [0.25, 0.3) is 0 Å². The van der Waals surface area contributed by atoms with Gasteiger partial charge in [-0.15, -0.1) is 0 Å². The van der Waals surface area contributed by atoms with Gasteiger partial charge in [0.05, 0.1) is 12.2 Å². The molecule has 2 amide bonds. The number of fused-ring (bicyclic) bond motifs is 1. The van der Waals surface area contributed by atoms with E-state index in [0.717, 1.165) is 50.4 Å². The fourth-order valence-corrected chi connectivity index (χ4v) is 5.13. The van der Waals surface area contributed by atoms with E-state index in [1.165, 1.54) is 62.7 Å². The van der Waals surface area contributed by atoms with Crippen LogP contribution < -0.4 is 10.6 Å². The Morgan fingerprint density at radius 2 is 1.79 bits per heavy atom. The van der Waals surface area contributed by atoms with Gasteiger partial charge in [-0.05, 0) is 68.9 Å². The molecule has 154 valence electrons. The highest BCUT2D eigenvalue weighted by atomic mass is 16.2. The number of piperidine rings is 1. The van der Waals surface area contributed by atoms with Crippen molar-refractivity contribution < 1.29 is 4.79 Å². The third-order valence-electron chi connectivity index (χ3n) is 6.83. The standard InChI is InChI=1S/C23H36N4O/c28-23(24-16-21-11-10-19-8-4-5-9-22(19)25-21)26-20-12-14-27(15-13-20)17-18-6-2-1-3-7-18/h10-11,18,20H,1-9,12-17H2,(H2,24,26,28). The molecule has 1 aliphatic heterocycles. The van der Waals surface area contributed by atoms with Crippen molar-refractivity contribution in [2.75, 3.05) is 19.6 Å². The zero-order valence-corrected chi connectivity index (χ0v) is 17.2. The molecular weight excluding hydrogens is 348 g/mol. The fraction of sp³-hybridized carbons (Fsp3) is 0.739. The van der Waals surface area contributed by atoms with Crippen molar-refractivity contribution >= 4 is 6.03 Å². The zero-order chi connectivity index (χ0) is 19.2. The molecule has 5 nitrogen and oxygen atoms in total. The van der Waals surface area contributed by atoms with Crippen molar-refractivity contribution in [2.45, 2.75) is 83.2 Å². The molecule has 1 aromatic heterocycles. The van der Waals surface area contributed by atoms with E-state index < -0.39 is 0 Å². The Balaban J connectivity index is 1.16. The molecule has 0 spiro atoms. The molecule has 2 N–H and O–H groups in total. The molecule has 1 aromatic rings. The molecule has 1 saturated carbocycles. The van der Waals surface area contributed by atoms with E-state index >= 15 is 0 Å². The maximum absolute atomic E-state index is 12.3. The first kappa shape index (κ1) is 19.7. The largest absolute Gasteiger partial charge is 0.335 e. The summed E-state index contributed by atoms with van der Waals surface area (Å²) in [5, 5.41) is 6.17. The highest BCUT2D eigenvalue weighted by molar-refractivity contribution is 5.74. The van der Waals surface area contributed by atoms with Crippen LogP contribution in [0.5, 0.6) is 0 Å². The molecular formula is C23H36N4O. The number of nitrogens with one attached hydrogen (secondary N) is 2. The highest BCUT2D eigenvalue weighted by Crippen LogP contribution is 2.25. The summed E-state index contributed by atoms with van der Waals surface area (Å²) in [7, 11) is 0. The van der Waals surface area contributed by atoms with Gasteiger partial charge in [-0.25, -0.2) is 4.79 Å². The molecule has 2 fully saturated rings. The summed E-state index contributed by atoms with van der Waals surface area (Å²) in [6.45, 7) is 4.02. The molecule has 0 bridgehead atoms. The second-order valence-corrected chi connectivity index (χ2v) is 9.02. The molecule has 0 atom stereocenters. The number of urea groups is 1. The number of nitrogens with zero attached hydrogens (tertiary/aromatic N) is 2.